The Morgan fingerprint density at radius 1 is 1.24 bits per heavy atom. The topological polar surface area (TPSA) is 26.3 Å². The second kappa shape index (κ2) is 6.57. The lowest BCUT2D eigenvalue weighted by molar-refractivity contribution is -0.140. The summed E-state index contributed by atoms with van der Waals surface area (Å²) in [5.74, 6) is 0.136. The maximum atomic E-state index is 12.2. The fourth-order valence-electron chi connectivity index (χ4n) is 1.43. The van der Waals surface area contributed by atoms with Crippen molar-refractivity contribution in [2.45, 2.75) is 78.4 Å². The summed E-state index contributed by atoms with van der Waals surface area (Å²) in [6.45, 7) is 15.0. The lowest BCUT2D eigenvalue weighted by atomic mass is 10.00. The van der Waals surface area contributed by atoms with Crippen molar-refractivity contribution >= 4 is 14.3 Å². The molecule has 0 fully saturated rings. The van der Waals surface area contributed by atoms with Gasteiger partial charge in [0.2, 0.25) is 0 Å². The standard InChI is InChI=1S/C14H30O2Si/c1-8-10-11-12(9-2)13(15)16-17(6,7)14(3,4)5/h12H,8-11H2,1-7H3. The molecule has 0 aliphatic heterocycles. The minimum atomic E-state index is -1.94. The summed E-state index contributed by atoms with van der Waals surface area (Å²) < 4.78 is 5.85. The predicted molar refractivity (Wildman–Crippen MR) is 76.6 cm³/mol. The van der Waals surface area contributed by atoms with Crippen molar-refractivity contribution in [3.05, 3.63) is 0 Å². The Balaban J connectivity index is 4.50. The molecule has 0 rings (SSSR count). The van der Waals surface area contributed by atoms with E-state index >= 15 is 0 Å². The van der Waals surface area contributed by atoms with Crippen LogP contribution in [0.5, 0.6) is 0 Å². The average Bonchev–Trinajstić information content (AvgIpc) is 2.16. The molecule has 0 aliphatic carbocycles. The molecular formula is C14H30O2Si. The third-order valence-electron chi connectivity index (χ3n) is 3.89. The van der Waals surface area contributed by atoms with E-state index in [4.69, 9.17) is 4.43 Å². The van der Waals surface area contributed by atoms with Crippen LogP contribution in [0.25, 0.3) is 0 Å². The highest BCUT2D eigenvalue weighted by Gasteiger charge is 2.41. The van der Waals surface area contributed by atoms with E-state index in [9.17, 15) is 4.79 Å². The Morgan fingerprint density at radius 2 is 1.76 bits per heavy atom. The normalized spacial score (nSPS) is 14.5. The summed E-state index contributed by atoms with van der Waals surface area (Å²) in [5, 5.41) is 0.103. The fraction of sp³-hybridized carbons (Fsp3) is 0.929. The minimum absolute atomic E-state index is 0.0348. The van der Waals surface area contributed by atoms with Crippen LogP contribution in [0, 0.1) is 5.92 Å². The van der Waals surface area contributed by atoms with Crippen LogP contribution in [0.1, 0.15) is 60.3 Å². The first-order chi connectivity index (χ1) is 7.65. The van der Waals surface area contributed by atoms with Gasteiger partial charge in [0.1, 0.15) is 0 Å². The first-order valence-electron chi connectivity index (χ1n) is 6.88. The molecule has 1 atom stereocenters. The van der Waals surface area contributed by atoms with Gasteiger partial charge in [-0.3, -0.25) is 4.79 Å². The molecule has 2 nitrogen and oxygen atoms in total. The molecule has 0 saturated heterocycles. The van der Waals surface area contributed by atoms with E-state index in [1.807, 2.05) is 0 Å². The number of carbonyl (C=O) groups excluding carboxylic acids is 1. The zero-order chi connectivity index (χ0) is 13.7. The van der Waals surface area contributed by atoms with Gasteiger partial charge in [0, 0.05) is 0 Å². The van der Waals surface area contributed by atoms with E-state index in [0.29, 0.717) is 0 Å². The third kappa shape index (κ3) is 5.24. The highest BCUT2D eigenvalue weighted by molar-refractivity contribution is 6.75. The maximum Gasteiger partial charge on any atom is 0.295 e. The van der Waals surface area contributed by atoms with E-state index in [-0.39, 0.29) is 16.9 Å². The number of rotatable bonds is 6. The van der Waals surface area contributed by atoms with Crippen LogP contribution >= 0.6 is 0 Å². The average molecular weight is 258 g/mol. The smallest absolute Gasteiger partial charge is 0.295 e. The Labute approximate surface area is 108 Å². The summed E-state index contributed by atoms with van der Waals surface area (Å²) in [7, 11) is -1.94. The molecular weight excluding hydrogens is 228 g/mol. The highest BCUT2D eigenvalue weighted by atomic mass is 28.4. The predicted octanol–water partition coefficient (Wildman–Crippen LogP) is 4.75. The van der Waals surface area contributed by atoms with Gasteiger partial charge in [-0.05, 0) is 31.0 Å². The first-order valence-corrected chi connectivity index (χ1v) is 9.79. The molecule has 1 unspecified atom stereocenters. The summed E-state index contributed by atoms with van der Waals surface area (Å²) >= 11 is 0. The van der Waals surface area contributed by atoms with Crippen LogP contribution in [0.3, 0.4) is 0 Å². The maximum absolute atomic E-state index is 12.2. The van der Waals surface area contributed by atoms with Crippen LogP contribution < -0.4 is 0 Å². The number of unbranched alkanes of at least 4 members (excludes halogenated alkanes) is 1. The van der Waals surface area contributed by atoms with Crippen molar-refractivity contribution in [3.8, 4) is 0 Å². The van der Waals surface area contributed by atoms with Crippen molar-refractivity contribution in [3.63, 3.8) is 0 Å². The molecule has 17 heavy (non-hydrogen) atoms. The zero-order valence-electron chi connectivity index (χ0n) is 12.7. The van der Waals surface area contributed by atoms with E-state index in [1.165, 1.54) is 0 Å². The zero-order valence-corrected chi connectivity index (χ0v) is 13.7. The quantitative estimate of drug-likeness (QED) is 0.643. The largest absolute Gasteiger partial charge is 0.519 e. The minimum Gasteiger partial charge on any atom is -0.519 e. The van der Waals surface area contributed by atoms with Gasteiger partial charge in [0.25, 0.3) is 14.3 Å². The first kappa shape index (κ1) is 16.7. The van der Waals surface area contributed by atoms with Crippen LogP contribution in [-0.4, -0.2) is 14.3 Å². The highest BCUT2D eigenvalue weighted by Crippen LogP contribution is 2.37. The molecule has 0 spiro atoms. The van der Waals surface area contributed by atoms with E-state index < -0.39 is 8.32 Å². The van der Waals surface area contributed by atoms with Gasteiger partial charge in [-0.1, -0.05) is 47.5 Å². The fourth-order valence-corrected chi connectivity index (χ4v) is 2.40. The summed E-state index contributed by atoms with van der Waals surface area (Å²) in [6, 6.07) is 0. The van der Waals surface area contributed by atoms with E-state index in [1.54, 1.807) is 0 Å². The van der Waals surface area contributed by atoms with Crippen molar-refractivity contribution < 1.29 is 9.22 Å². The van der Waals surface area contributed by atoms with Gasteiger partial charge in [0.15, 0.2) is 0 Å². The Morgan fingerprint density at radius 3 is 2.12 bits per heavy atom. The summed E-state index contributed by atoms with van der Waals surface area (Å²) in [5.41, 5.74) is 0. The molecule has 0 heterocycles. The molecule has 0 bridgehead atoms. The van der Waals surface area contributed by atoms with Crippen molar-refractivity contribution in [1.29, 1.82) is 0 Å². The molecule has 0 aromatic carbocycles. The SMILES string of the molecule is CCCCC(CC)C(=O)O[Si](C)(C)C(C)(C)C. The molecule has 0 N–H and O–H groups in total. The molecule has 0 amide bonds. The van der Waals surface area contributed by atoms with E-state index in [2.05, 4.69) is 47.7 Å². The third-order valence-corrected chi connectivity index (χ3v) is 8.22. The lowest BCUT2D eigenvalue weighted by Gasteiger charge is -2.36. The Kier molecular flexibility index (Phi) is 6.45. The van der Waals surface area contributed by atoms with Gasteiger partial charge >= 0.3 is 0 Å². The van der Waals surface area contributed by atoms with Gasteiger partial charge in [0.05, 0.1) is 5.92 Å². The number of hydrogen-bond donors (Lipinski definition) is 0. The lowest BCUT2D eigenvalue weighted by Crippen LogP contribution is -2.44. The van der Waals surface area contributed by atoms with Gasteiger partial charge < -0.3 is 4.43 Å². The van der Waals surface area contributed by atoms with Crippen molar-refractivity contribution in [2.24, 2.45) is 5.92 Å². The molecule has 102 valence electrons. The van der Waals surface area contributed by atoms with Crippen LogP contribution in [-0.2, 0) is 9.22 Å². The molecule has 0 aliphatic rings. The van der Waals surface area contributed by atoms with Gasteiger partial charge in [-0.15, -0.1) is 0 Å². The van der Waals surface area contributed by atoms with E-state index in [0.717, 1.165) is 25.7 Å². The van der Waals surface area contributed by atoms with Crippen LogP contribution in [0.15, 0.2) is 0 Å². The molecule has 0 aromatic rings. The van der Waals surface area contributed by atoms with Crippen molar-refractivity contribution in [2.75, 3.05) is 0 Å². The number of hydrogen-bond acceptors (Lipinski definition) is 2. The molecule has 0 radical (unpaired) electrons. The Hall–Kier alpha value is -0.313. The van der Waals surface area contributed by atoms with Crippen LogP contribution in [0.2, 0.25) is 18.1 Å². The monoisotopic (exact) mass is 258 g/mol. The molecule has 3 heteroatoms. The summed E-state index contributed by atoms with van der Waals surface area (Å²) in [6.07, 6.45) is 4.13. The van der Waals surface area contributed by atoms with Crippen LogP contribution in [0.4, 0.5) is 0 Å². The van der Waals surface area contributed by atoms with Crippen molar-refractivity contribution in [1.82, 2.24) is 0 Å². The van der Waals surface area contributed by atoms with Gasteiger partial charge in [-0.2, -0.15) is 0 Å². The second-order valence-corrected chi connectivity index (χ2v) is 11.2. The second-order valence-electron chi connectivity index (χ2n) is 6.43. The number of carbonyl (C=O) groups is 1. The van der Waals surface area contributed by atoms with Gasteiger partial charge in [-0.25, -0.2) is 0 Å². The molecule has 0 saturated carbocycles. The molecule has 0 aromatic heterocycles. The summed E-state index contributed by atoms with van der Waals surface area (Å²) in [4.78, 5) is 12.2. The Bertz CT molecular complexity index is 241.